The standard InChI is InChI=1S/C13H26N2O.ClH/c1-9(2)6-10(3)7-13(16)15-12(8-14)11-4-5-11;/h9-12H,4-8,14H2,1-3H3,(H,15,16);1H. The van der Waals surface area contributed by atoms with E-state index < -0.39 is 0 Å². The summed E-state index contributed by atoms with van der Waals surface area (Å²) in [7, 11) is 0. The van der Waals surface area contributed by atoms with E-state index in [0.717, 1.165) is 6.42 Å². The molecule has 1 aliphatic rings. The molecule has 2 unspecified atom stereocenters. The van der Waals surface area contributed by atoms with Crippen LogP contribution in [0.2, 0.25) is 0 Å². The molecule has 17 heavy (non-hydrogen) atoms. The number of carbonyl (C=O) groups excluding carboxylic acids is 1. The first-order valence-corrected chi connectivity index (χ1v) is 6.52. The van der Waals surface area contributed by atoms with E-state index in [0.29, 0.717) is 30.7 Å². The predicted octanol–water partition coefficient (Wildman–Crippen LogP) is 2.33. The smallest absolute Gasteiger partial charge is 0.220 e. The fourth-order valence-electron chi connectivity index (χ4n) is 2.34. The number of amides is 1. The van der Waals surface area contributed by atoms with E-state index >= 15 is 0 Å². The van der Waals surface area contributed by atoms with Gasteiger partial charge in [-0.05, 0) is 37.0 Å². The summed E-state index contributed by atoms with van der Waals surface area (Å²) in [4.78, 5) is 11.8. The number of nitrogens with two attached hydrogens (primary N) is 1. The van der Waals surface area contributed by atoms with Crippen molar-refractivity contribution in [1.29, 1.82) is 0 Å². The largest absolute Gasteiger partial charge is 0.352 e. The lowest BCUT2D eigenvalue weighted by Crippen LogP contribution is -2.42. The molecular weight excluding hydrogens is 236 g/mol. The highest BCUT2D eigenvalue weighted by Gasteiger charge is 2.31. The summed E-state index contributed by atoms with van der Waals surface area (Å²) in [6.45, 7) is 7.12. The maximum atomic E-state index is 11.8. The minimum absolute atomic E-state index is 0. The van der Waals surface area contributed by atoms with Crippen LogP contribution in [0.25, 0.3) is 0 Å². The average molecular weight is 263 g/mol. The molecule has 0 spiro atoms. The topological polar surface area (TPSA) is 55.1 Å². The van der Waals surface area contributed by atoms with E-state index in [1.807, 2.05) is 0 Å². The SMILES string of the molecule is CC(C)CC(C)CC(=O)NC(CN)C1CC1.Cl. The van der Waals surface area contributed by atoms with Gasteiger partial charge in [0, 0.05) is 19.0 Å². The number of nitrogens with one attached hydrogen (secondary N) is 1. The average Bonchev–Trinajstić information content (AvgIpc) is 2.95. The van der Waals surface area contributed by atoms with E-state index in [1.165, 1.54) is 12.8 Å². The molecule has 0 radical (unpaired) electrons. The Labute approximate surface area is 111 Å². The Morgan fingerprint density at radius 2 is 1.94 bits per heavy atom. The molecule has 1 rings (SSSR count). The van der Waals surface area contributed by atoms with Crippen molar-refractivity contribution in [3.05, 3.63) is 0 Å². The van der Waals surface area contributed by atoms with E-state index in [2.05, 4.69) is 26.1 Å². The third-order valence-corrected chi connectivity index (χ3v) is 3.20. The van der Waals surface area contributed by atoms with Crippen molar-refractivity contribution in [2.24, 2.45) is 23.5 Å². The monoisotopic (exact) mass is 262 g/mol. The molecule has 3 nitrogen and oxygen atoms in total. The first kappa shape index (κ1) is 16.7. The predicted molar refractivity (Wildman–Crippen MR) is 74.2 cm³/mol. The zero-order valence-corrected chi connectivity index (χ0v) is 12.1. The second-order valence-corrected chi connectivity index (χ2v) is 5.69. The number of hydrogen-bond acceptors (Lipinski definition) is 2. The summed E-state index contributed by atoms with van der Waals surface area (Å²) in [6, 6.07) is 0.221. The molecule has 1 amide bonds. The van der Waals surface area contributed by atoms with Crippen LogP contribution in [0.5, 0.6) is 0 Å². The van der Waals surface area contributed by atoms with E-state index in [-0.39, 0.29) is 24.4 Å². The maximum Gasteiger partial charge on any atom is 0.220 e. The normalized spacial score (nSPS) is 18.4. The molecule has 102 valence electrons. The van der Waals surface area contributed by atoms with Gasteiger partial charge in [-0.1, -0.05) is 20.8 Å². The second-order valence-electron chi connectivity index (χ2n) is 5.69. The van der Waals surface area contributed by atoms with Gasteiger partial charge in [-0.15, -0.1) is 12.4 Å². The van der Waals surface area contributed by atoms with Crippen molar-refractivity contribution in [3.8, 4) is 0 Å². The maximum absolute atomic E-state index is 11.8. The molecule has 0 aromatic heterocycles. The van der Waals surface area contributed by atoms with Gasteiger partial charge in [0.05, 0.1) is 0 Å². The van der Waals surface area contributed by atoms with E-state index in [9.17, 15) is 4.79 Å². The Morgan fingerprint density at radius 3 is 2.35 bits per heavy atom. The third-order valence-electron chi connectivity index (χ3n) is 3.20. The third kappa shape index (κ3) is 6.89. The van der Waals surface area contributed by atoms with Crippen molar-refractivity contribution < 1.29 is 4.79 Å². The molecule has 0 bridgehead atoms. The highest BCUT2D eigenvalue weighted by Crippen LogP contribution is 2.32. The van der Waals surface area contributed by atoms with Gasteiger partial charge < -0.3 is 11.1 Å². The fraction of sp³-hybridized carbons (Fsp3) is 0.923. The summed E-state index contributed by atoms with van der Waals surface area (Å²) >= 11 is 0. The lowest BCUT2D eigenvalue weighted by Gasteiger charge is -2.18. The lowest BCUT2D eigenvalue weighted by molar-refractivity contribution is -0.122. The molecule has 0 heterocycles. The van der Waals surface area contributed by atoms with Gasteiger partial charge in [-0.3, -0.25) is 4.79 Å². The first-order valence-electron chi connectivity index (χ1n) is 6.52. The van der Waals surface area contributed by atoms with E-state index in [1.54, 1.807) is 0 Å². The Kier molecular flexibility index (Phi) is 7.80. The first-order chi connectivity index (χ1) is 7.52. The minimum atomic E-state index is 0. The van der Waals surface area contributed by atoms with Crippen molar-refractivity contribution in [2.75, 3.05) is 6.54 Å². The van der Waals surface area contributed by atoms with Gasteiger partial charge >= 0.3 is 0 Å². The molecular formula is C13H27ClN2O. The van der Waals surface area contributed by atoms with Gasteiger partial charge in [0.25, 0.3) is 0 Å². The molecule has 0 aliphatic heterocycles. The van der Waals surface area contributed by atoms with Gasteiger partial charge in [0.1, 0.15) is 0 Å². The van der Waals surface area contributed by atoms with Gasteiger partial charge in [-0.2, -0.15) is 0 Å². The molecule has 0 saturated heterocycles. The number of halogens is 1. The van der Waals surface area contributed by atoms with Crippen molar-refractivity contribution >= 4 is 18.3 Å². The van der Waals surface area contributed by atoms with Crippen LogP contribution in [0, 0.1) is 17.8 Å². The van der Waals surface area contributed by atoms with Gasteiger partial charge in [0.2, 0.25) is 5.91 Å². The summed E-state index contributed by atoms with van der Waals surface area (Å²) < 4.78 is 0. The summed E-state index contributed by atoms with van der Waals surface area (Å²) in [5.41, 5.74) is 5.66. The summed E-state index contributed by atoms with van der Waals surface area (Å²) in [5.74, 6) is 1.96. The quantitative estimate of drug-likeness (QED) is 0.740. The Morgan fingerprint density at radius 1 is 1.35 bits per heavy atom. The molecule has 4 heteroatoms. The van der Waals surface area contributed by atoms with E-state index in [4.69, 9.17) is 5.73 Å². The summed E-state index contributed by atoms with van der Waals surface area (Å²) in [6.07, 6.45) is 4.21. The molecule has 0 aromatic rings. The zero-order valence-electron chi connectivity index (χ0n) is 11.2. The Hall–Kier alpha value is -0.280. The van der Waals surface area contributed by atoms with Gasteiger partial charge in [-0.25, -0.2) is 0 Å². The Balaban J connectivity index is 0.00000256. The number of rotatable bonds is 7. The van der Waals surface area contributed by atoms with Crippen LogP contribution in [-0.4, -0.2) is 18.5 Å². The minimum Gasteiger partial charge on any atom is -0.352 e. The molecule has 3 N–H and O–H groups in total. The number of hydrogen-bond donors (Lipinski definition) is 2. The van der Waals surface area contributed by atoms with Crippen molar-refractivity contribution in [2.45, 2.75) is 52.5 Å². The van der Waals surface area contributed by atoms with Crippen LogP contribution in [0.4, 0.5) is 0 Å². The number of carbonyl (C=O) groups is 1. The molecule has 1 saturated carbocycles. The van der Waals surface area contributed by atoms with Crippen molar-refractivity contribution in [3.63, 3.8) is 0 Å². The van der Waals surface area contributed by atoms with Crippen molar-refractivity contribution in [1.82, 2.24) is 5.32 Å². The molecule has 1 aliphatic carbocycles. The van der Waals surface area contributed by atoms with Crippen LogP contribution >= 0.6 is 12.4 Å². The molecule has 2 atom stereocenters. The fourth-order valence-corrected chi connectivity index (χ4v) is 2.34. The van der Waals surface area contributed by atoms with Crippen LogP contribution in [0.3, 0.4) is 0 Å². The van der Waals surface area contributed by atoms with Crippen LogP contribution in [0.15, 0.2) is 0 Å². The van der Waals surface area contributed by atoms with Crippen LogP contribution < -0.4 is 11.1 Å². The molecule has 0 aromatic carbocycles. The van der Waals surface area contributed by atoms with Crippen LogP contribution in [0.1, 0.15) is 46.5 Å². The Bertz CT molecular complexity index is 229. The highest BCUT2D eigenvalue weighted by atomic mass is 35.5. The summed E-state index contributed by atoms with van der Waals surface area (Å²) in [5, 5.41) is 3.07. The van der Waals surface area contributed by atoms with Gasteiger partial charge in [0.15, 0.2) is 0 Å². The molecule has 1 fully saturated rings. The lowest BCUT2D eigenvalue weighted by atomic mass is 9.95. The van der Waals surface area contributed by atoms with Crippen LogP contribution in [-0.2, 0) is 4.79 Å². The zero-order chi connectivity index (χ0) is 12.1. The second kappa shape index (κ2) is 7.93. The highest BCUT2D eigenvalue weighted by molar-refractivity contribution is 5.85.